The molecule has 0 unspecified atom stereocenters. The van der Waals surface area contributed by atoms with Crippen LogP contribution in [0.1, 0.15) is 20.9 Å². The van der Waals surface area contributed by atoms with Gasteiger partial charge in [-0.2, -0.15) is 0 Å². The lowest BCUT2D eigenvalue weighted by Gasteiger charge is -2.08. The van der Waals surface area contributed by atoms with E-state index in [9.17, 15) is 14.4 Å². The van der Waals surface area contributed by atoms with Gasteiger partial charge < -0.3 is 19.2 Å². The Bertz CT molecular complexity index is 755. The number of halogens is 1. The van der Waals surface area contributed by atoms with E-state index in [1.165, 1.54) is 13.2 Å². The molecule has 0 saturated carbocycles. The van der Waals surface area contributed by atoms with Crippen LogP contribution in [-0.4, -0.2) is 37.9 Å². The van der Waals surface area contributed by atoms with Crippen LogP contribution in [0.3, 0.4) is 0 Å². The molecule has 0 atom stereocenters. The van der Waals surface area contributed by atoms with Crippen LogP contribution in [0, 0.1) is 0 Å². The Morgan fingerprint density at radius 1 is 1.17 bits per heavy atom. The Labute approximate surface area is 146 Å². The molecule has 0 aliphatic rings. The summed E-state index contributed by atoms with van der Waals surface area (Å²) in [6.07, 6.45) is 0. The fourth-order valence-electron chi connectivity index (χ4n) is 1.83. The molecule has 126 valence electrons. The zero-order valence-corrected chi connectivity index (χ0v) is 14.3. The molecule has 1 N–H and O–H groups in total. The normalized spacial score (nSPS) is 10.1. The van der Waals surface area contributed by atoms with Crippen molar-refractivity contribution < 1.29 is 28.3 Å². The minimum Gasteiger partial charge on any atom is -0.496 e. The number of ketones is 1. The predicted molar refractivity (Wildman–Crippen MR) is 87.0 cm³/mol. The van der Waals surface area contributed by atoms with Gasteiger partial charge in [0, 0.05) is 0 Å². The van der Waals surface area contributed by atoms with Crippen molar-refractivity contribution >= 4 is 33.6 Å². The van der Waals surface area contributed by atoms with E-state index in [4.69, 9.17) is 13.9 Å². The molecule has 0 bridgehead atoms. The summed E-state index contributed by atoms with van der Waals surface area (Å²) in [6.45, 7) is -0.822. The van der Waals surface area contributed by atoms with Crippen molar-refractivity contribution in [1.29, 1.82) is 0 Å². The molecular weight excluding hydrogens is 382 g/mol. The molecule has 1 heterocycles. The number of furan rings is 1. The van der Waals surface area contributed by atoms with Crippen LogP contribution in [0.2, 0.25) is 0 Å². The van der Waals surface area contributed by atoms with E-state index in [-0.39, 0.29) is 12.3 Å². The highest BCUT2D eigenvalue weighted by Gasteiger charge is 2.16. The number of carbonyl (C=O) groups excluding carboxylic acids is 3. The number of hydrogen-bond donors (Lipinski definition) is 1. The van der Waals surface area contributed by atoms with Crippen LogP contribution in [0.25, 0.3) is 0 Å². The molecule has 7 nitrogen and oxygen atoms in total. The minimum atomic E-state index is -0.739. The van der Waals surface area contributed by atoms with E-state index >= 15 is 0 Å². The van der Waals surface area contributed by atoms with Crippen molar-refractivity contribution in [3.8, 4) is 5.75 Å². The molecule has 0 radical (unpaired) electrons. The molecule has 0 aliphatic heterocycles. The molecule has 0 spiro atoms. The number of Topliss-reactive ketones (excluding diaryl/α,β-unsaturated/α-hetero) is 1. The van der Waals surface area contributed by atoms with Crippen molar-refractivity contribution in [3.63, 3.8) is 0 Å². The third kappa shape index (κ3) is 4.69. The zero-order valence-electron chi connectivity index (χ0n) is 12.7. The van der Waals surface area contributed by atoms with Gasteiger partial charge in [-0.3, -0.25) is 14.4 Å². The van der Waals surface area contributed by atoms with Crippen LogP contribution in [0.4, 0.5) is 0 Å². The predicted octanol–water partition coefficient (Wildman–Crippen LogP) is 2.21. The maximum atomic E-state index is 12.0. The second-order valence-electron chi connectivity index (χ2n) is 4.57. The van der Waals surface area contributed by atoms with Crippen LogP contribution >= 0.6 is 15.9 Å². The fraction of sp³-hybridized carbons (Fsp3) is 0.188. The molecule has 24 heavy (non-hydrogen) atoms. The first-order valence-electron chi connectivity index (χ1n) is 6.86. The van der Waals surface area contributed by atoms with Gasteiger partial charge in [-0.15, -0.1) is 0 Å². The zero-order chi connectivity index (χ0) is 17.5. The van der Waals surface area contributed by atoms with Crippen molar-refractivity contribution in [2.75, 3.05) is 20.3 Å². The summed E-state index contributed by atoms with van der Waals surface area (Å²) in [6, 6.07) is 9.63. The summed E-state index contributed by atoms with van der Waals surface area (Å²) in [7, 11) is 1.45. The monoisotopic (exact) mass is 395 g/mol. The number of nitrogens with one attached hydrogen (secondary N) is 1. The Kier molecular flexibility index (Phi) is 6.14. The number of amides is 1. The van der Waals surface area contributed by atoms with Gasteiger partial charge in [-0.25, -0.2) is 0 Å². The van der Waals surface area contributed by atoms with Gasteiger partial charge in [0.1, 0.15) is 12.3 Å². The van der Waals surface area contributed by atoms with Crippen molar-refractivity contribution in [2.24, 2.45) is 0 Å². The summed E-state index contributed by atoms with van der Waals surface area (Å²) in [5, 5.41) is 2.33. The third-order valence-electron chi connectivity index (χ3n) is 2.96. The first-order chi connectivity index (χ1) is 11.5. The minimum absolute atomic E-state index is 0.0553. The van der Waals surface area contributed by atoms with Gasteiger partial charge in [-0.05, 0) is 40.2 Å². The molecule has 2 aromatic rings. The highest BCUT2D eigenvalue weighted by Crippen LogP contribution is 2.17. The molecule has 1 aromatic heterocycles. The Hall–Kier alpha value is -2.61. The van der Waals surface area contributed by atoms with E-state index < -0.39 is 24.3 Å². The lowest BCUT2D eigenvalue weighted by Crippen LogP contribution is -2.31. The molecule has 1 amide bonds. The standard InChI is InChI=1S/C16H14BrNO6/c1-22-12-5-3-2-4-10(12)11(19)9-23-15(20)8-18-16(21)13-6-7-14(17)24-13/h2-7H,8-9H2,1H3,(H,18,21). The molecule has 0 fully saturated rings. The summed E-state index contributed by atoms with van der Waals surface area (Å²) in [5.74, 6) is -1.25. The third-order valence-corrected chi connectivity index (χ3v) is 3.39. The van der Waals surface area contributed by atoms with Crippen LogP contribution < -0.4 is 10.1 Å². The average molecular weight is 396 g/mol. The van der Waals surface area contributed by atoms with Gasteiger partial charge in [0.15, 0.2) is 17.0 Å². The van der Waals surface area contributed by atoms with E-state index in [0.29, 0.717) is 16.0 Å². The number of methoxy groups -OCH3 is 1. The quantitative estimate of drug-likeness (QED) is 0.570. The number of carbonyl (C=O) groups is 3. The van der Waals surface area contributed by atoms with Gasteiger partial charge >= 0.3 is 5.97 Å². The largest absolute Gasteiger partial charge is 0.496 e. The Morgan fingerprint density at radius 2 is 1.92 bits per heavy atom. The number of para-hydroxylation sites is 1. The highest BCUT2D eigenvalue weighted by atomic mass is 79.9. The lowest BCUT2D eigenvalue weighted by atomic mass is 10.1. The lowest BCUT2D eigenvalue weighted by molar-refractivity contribution is -0.141. The number of rotatable bonds is 7. The van der Waals surface area contributed by atoms with Crippen LogP contribution in [0.5, 0.6) is 5.75 Å². The SMILES string of the molecule is COc1ccccc1C(=O)COC(=O)CNC(=O)c1ccc(Br)o1. The smallest absolute Gasteiger partial charge is 0.325 e. The Morgan fingerprint density at radius 3 is 2.58 bits per heavy atom. The number of benzene rings is 1. The molecular formula is C16H14BrNO6. The summed E-state index contributed by atoms with van der Waals surface area (Å²) in [4.78, 5) is 35.3. The summed E-state index contributed by atoms with van der Waals surface area (Å²) >= 11 is 3.07. The summed E-state index contributed by atoms with van der Waals surface area (Å²) in [5.41, 5.74) is 0.317. The highest BCUT2D eigenvalue weighted by molar-refractivity contribution is 9.10. The summed E-state index contributed by atoms with van der Waals surface area (Å²) < 4.78 is 15.4. The second-order valence-corrected chi connectivity index (χ2v) is 5.35. The van der Waals surface area contributed by atoms with Crippen molar-refractivity contribution in [1.82, 2.24) is 5.32 Å². The van der Waals surface area contributed by atoms with Gasteiger partial charge in [-0.1, -0.05) is 12.1 Å². The molecule has 8 heteroatoms. The van der Waals surface area contributed by atoms with Crippen LogP contribution in [-0.2, 0) is 9.53 Å². The van der Waals surface area contributed by atoms with Gasteiger partial charge in [0.05, 0.1) is 12.7 Å². The van der Waals surface area contributed by atoms with E-state index in [0.717, 1.165) is 0 Å². The van der Waals surface area contributed by atoms with Gasteiger partial charge in [0.25, 0.3) is 5.91 Å². The first-order valence-corrected chi connectivity index (χ1v) is 7.66. The fourth-order valence-corrected chi connectivity index (χ4v) is 2.13. The number of ether oxygens (including phenoxy) is 2. The van der Waals surface area contributed by atoms with Crippen LogP contribution in [0.15, 0.2) is 45.5 Å². The Balaban J connectivity index is 1.80. The molecule has 0 aliphatic carbocycles. The van der Waals surface area contributed by atoms with E-state index in [1.54, 1.807) is 30.3 Å². The average Bonchev–Trinajstić information content (AvgIpc) is 3.04. The van der Waals surface area contributed by atoms with E-state index in [2.05, 4.69) is 21.2 Å². The second kappa shape index (κ2) is 8.30. The number of esters is 1. The van der Waals surface area contributed by atoms with Gasteiger partial charge in [0.2, 0.25) is 5.78 Å². The molecule has 1 aromatic carbocycles. The van der Waals surface area contributed by atoms with Crippen molar-refractivity contribution in [2.45, 2.75) is 0 Å². The first kappa shape index (κ1) is 17.7. The number of hydrogen-bond acceptors (Lipinski definition) is 6. The topological polar surface area (TPSA) is 94.8 Å². The molecule has 0 saturated heterocycles. The van der Waals surface area contributed by atoms with E-state index in [1.807, 2.05) is 0 Å². The van der Waals surface area contributed by atoms with Crippen molar-refractivity contribution in [3.05, 3.63) is 52.4 Å². The maximum Gasteiger partial charge on any atom is 0.325 e. The molecule has 2 rings (SSSR count). The maximum absolute atomic E-state index is 12.0.